The molecule has 1 aromatic carbocycles. The second-order valence-corrected chi connectivity index (χ2v) is 7.45. The van der Waals surface area contributed by atoms with Gasteiger partial charge in [-0.15, -0.1) is 0 Å². The minimum Gasteiger partial charge on any atom is -0.376 e. The van der Waals surface area contributed by atoms with Crippen molar-refractivity contribution < 1.29 is 22.3 Å². The van der Waals surface area contributed by atoms with E-state index in [0.717, 1.165) is 35.5 Å². The largest absolute Gasteiger partial charge is 0.376 e. The Morgan fingerprint density at radius 3 is 2.61 bits per heavy atom. The molecule has 0 spiro atoms. The SMILES string of the molecule is C[C@H](C(=O)NC[C@H]1CCCO1)N(c1ccc(F)cc1)S(C)(=O)=O. The van der Waals surface area contributed by atoms with E-state index in [-0.39, 0.29) is 11.8 Å². The molecule has 1 heterocycles. The number of carbonyl (C=O) groups excluding carboxylic acids is 1. The number of amides is 1. The van der Waals surface area contributed by atoms with Crippen LogP contribution in [0.4, 0.5) is 10.1 Å². The maximum Gasteiger partial charge on any atom is 0.243 e. The van der Waals surface area contributed by atoms with Crippen molar-refractivity contribution in [3.63, 3.8) is 0 Å². The number of nitrogens with one attached hydrogen (secondary N) is 1. The van der Waals surface area contributed by atoms with Gasteiger partial charge in [-0.05, 0) is 44.0 Å². The van der Waals surface area contributed by atoms with Gasteiger partial charge >= 0.3 is 0 Å². The molecule has 23 heavy (non-hydrogen) atoms. The zero-order valence-corrected chi connectivity index (χ0v) is 14.0. The summed E-state index contributed by atoms with van der Waals surface area (Å²) >= 11 is 0. The van der Waals surface area contributed by atoms with E-state index >= 15 is 0 Å². The summed E-state index contributed by atoms with van der Waals surface area (Å²) in [6.07, 6.45) is 2.83. The summed E-state index contributed by atoms with van der Waals surface area (Å²) < 4.78 is 43.5. The molecule has 0 bridgehead atoms. The van der Waals surface area contributed by atoms with E-state index in [9.17, 15) is 17.6 Å². The first-order valence-electron chi connectivity index (χ1n) is 7.43. The lowest BCUT2D eigenvalue weighted by Crippen LogP contribution is -2.49. The molecule has 1 fully saturated rings. The van der Waals surface area contributed by atoms with Gasteiger partial charge in [0.1, 0.15) is 11.9 Å². The molecule has 0 saturated carbocycles. The Kier molecular flexibility index (Phi) is 5.59. The molecule has 0 aliphatic carbocycles. The normalized spacial score (nSPS) is 19.3. The second kappa shape index (κ2) is 7.27. The van der Waals surface area contributed by atoms with Crippen LogP contribution in [-0.2, 0) is 19.6 Å². The molecule has 1 aliphatic heterocycles. The Hall–Kier alpha value is -1.67. The van der Waals surface area contributed by atoms with Crippen molar-refractivity contribution in [2.45, 2.75) is 31.9 Å². The summed E-state index contributed by atoms with van der Waals surface area (Å²) in [6.45, 7) is 2.53. The molecule has 8 heteroatoms. The van der Waals surface area contributed by atoms with Crippen molar-refractivity contribution in [1.82, 2.24) is 5.32 Å². The molecule has 0 aromatic heterocycles. The van der Waals surface area contributed by atoms with Crippen molar-refractivity contribution in [3.05, 3.63) is 30.1 Å². The van der Waals surface area contributed by atoms with Crippen molar-refractivity contribution in [3.8, 4) is 0 Å². The number of ether oxygens (including phenoxy) is 1. The van der Waals surface area contributed by atoms with Gasteiger partial charge in [0.2, 0.25) is 15.9 Å². The number of rotatable bonds is 6. The van der Waals surface area contributed by atoms with E-state index in [1.165, 1.54) is 19.1 Å². The molecule has 1 amide bonds. The fourth-order valence-electron chi connectivity index (χ4n) is 2.56. The summed E-state index contributed by atoms with van der Waals surface area (Å²) in [7, 11) is -3.69. The van der Waals surface area contributed by atoms with Gasteiger partial charge in [0.25, 0.3) is 0 Å². The minimum absolute atomic E-state index is 0.0244. The van der Waals surface area contributed by atoms with Crippen LogP contribution in [0.5, 0.6) is 0 Å². The van der Waals surface area contributed by atoms with Crippen LogP contribution >= 0.6 is 0 Å². The van der Waals surface area contributed by atoms with Crippen LogP contribution in [0.25, 0.3) is 0 Å². The predicted molar refractivity (Wildman–Crippen MR) is 85.2 cm³/mol. The molecule has 2 rings (SSSR count). The molecule has 0 unspecified atom stereocenters. The Labute approximate surface area is 135 Å². The van der Waals surface area contributed by atoms with Gasteiger partial charge in [-0.2, -0.15) is 0 Å². The average molecular weight is 344 g/mol. The molecule has 1 aliphatic rings. The van der Waals surface area contributed by atoms with Gasteiger partial charge in [0.05, 0.1) is 18.0 Å². The first kappa shape index (κ1) is 17.7. The first-order chi connectivity index (χ1) is 10.8. The van der Waals surface area contributed by atoms with Crippen molar-refractivity contribution in [1.29, 1.82) is 0 Å². The minimum atomic E-state index is -3.69. The molecule has 1 N–H and O–H groups in total. The monoisotopic (exact) mass is 344 g/mol. The van der Waals surface area contributed by atoms with Crippen LogP contribution < -0.4 is 9.62 Å². The summed E-state index contributed by atoms with van der Waals surface area (Å²) in [5, 5.41) is 2.71. The molecule has 0 radical (unpaired) electrons. The lowest BCUT2D eigenvalue weighted by molar-refractivity contribution is -0.122. The topological polar surface area (TPSA) is 75.7 Å². The lowest BCUT2D eigenvalue weighted by Gasteiger charge is -2.28. The van der Waals surface area contributed by atoms with Gasteiger partial charge in [0.15, 0.2) is 0 Å². The maximum atomic E-state index is 13.0. The molecular formula is C15H21FN2O4S. The zero-order valence-electron chi connectivity index (χ0n) is 13.2. The zero-order chi connectivity index (χ0) is 17.0. The number of anilines is 1. The standard InChI is InChI=1S/C15H21FN2O4S/c1-11(15(19)17-10-14-4-3-9-22-14)18(23(2,20)21)13-7-5-12(16)6-8-13/h5-8,11,14H,3-4,9-10H2,1-2H3,(H,17,19)/t11-,14-/m1/s1. The third-order valence-corrected chi connectivity index (χ3v) is 4.94. The second-order valence-electron chi connectivity index (χ2n) is 5.59. The highest BCUT2D eigenvalue weighted by atomic mass is 32.2. The third kappa shape index (κ3) is 4.65. The predicted octanol–water partition coefficient (Wildman–Crippen LogP) is 1.28. The van der Waals surface area contributed by atoms with E-state index in [1.807, 2.05) is 0 Å². The van der Waals surface area contributed by atoms with Crippen LogP contribution in [0.3, 0.4) is 0 Å². The highest BCUT2D eigenvalue weighted by Gasteiger charge is 2.29. The maximum absolute atomic E-state index is 13.0. The number of nitrogens with zero attached hydrogens (tertiary/aromatic N) is 1. The van der Waals surface area contributed by atoms with E-state index in [0.29, 0.717) is 13.2 Å². The average Bonchev–Trinajstić information content (AvgIpc) is 2.99. The van der Waals surface area contributed by atoms with E-state index in [2.05, 4.69) is 5.32 Å². The summed E-state index contributed by atoms with van der Waals surface area (Å²) in [6, 6.07) is 4.03. The van der Waals surface area contributed by atoms with E-state index in [1.54, 1.807) is 0 Å². The number of benzene rings is 1. The van der Waals surface area contributed by atoms with Crippen molar-refractivity contribution in [2.75, 3.05) is 23.7 Å². The van der Waals surface area contributed by atoms with Crippen LogP contribution in [0.1, 0.15) is 19.8 Å². The van der Waals surface area contributed by atoms with Gasteiger partial charge in [0, 0.05) is 13.2 Å². The molecule has 2 atom stereocenters. The Balaban J connectivity index is 2.11. The molecule has 128 valence electrons. The van der Waals surface area contributed by atoms with Gasteiger partial charge in [-0.1, -0.05) is 0 Å². The summed E-state index contributed by atoms with van der Waals surface area (Å²) in [5.74, 6) is -0.895. The van der Waals surface area contributed by atoms with Crippen LogP contribution in [0.2, 0.25) is 0 Å². The Morgan fingerprint density at radius 2 is 2.09 bits per heavy atom. The quantitative estimate of drug-likeness (QED) is 0.843. The van der Waals surface area contributed by atoms with Crippen molar-refractivity contribution >= 4 is 21.6 Å². The van der Waals surface area contributed by atoms with Crippen LogP contribution in [0.15, 0.2) is 24.3 Å². The lowest BCUT2D eigenvalue weighted by atomic mass is 10.2. The molecule has 1 aromatic rings. The fraction of sp³-hybridized carbons (Fsp3) is 0.533. The van der Waals surface area contributed by atoms with Gasteiger partial charge in [-0.3, -0.25) is 9.10 Å². The third-order valence-electron chi connectivity index (χ3n) is 3.70. The van der Waals surface area contributed by atoms with Gasteiger partial charge in [-0.25, -0.2) is 12.8 Å². The van der Waals surface area contributed by atoms with Crippen LogP contribution in [-0.4, -0.2) is 45.9 Å². The number of hydrogen-bond donors (Lipinski definition) is 1. The molecule has 1 saturated heterocycles. The van der Waals surface area contributed by atoms with E-state index < -0.39 is 27.8 Å². The smallest absolute Gasteiger partial charge is 0.243 e. The Bertz CT molecular complexity index is 642. The highest BCUT2D eigenvalue weighted by molar-refractivity contribution is 7.92. The number of halogens is 1. The highest BCUT2D eigenvalue weighted by Crippen LogP contribution is 2.21. The van der Waals surface area contributed by atoms with Crippen molar-refractivity contribution in [2.24, 2.45) is 0 Å². The molecular weight excluding hydrogens is 323 g/mol. The number of sulfonamides is 1. The van der Waals surface area contributed by atoms with E-state index in [4.69, 9.17) is 4.74 Å². The van der Waals surface area contributed by atoms with Gasteiger partial charge < -0.3 is 10.1 Å². The first-order valence-corrected chi connectivity index (χ1v) is 9.28. The fourth-order valence-corrected chi connectivity index (χ4v) is 3.74. The summed E-state index contributed by atoms with van der Waals surface area (Å²) in [4.78, 5) is 12.3. The molecule has 6 nitrogen and oxygen atoms in total. The number of hydrogen-bond acceptors (Lipinski definition) is 4. The van der Waals surface area contributed by atoms with Crippen LogP contribution in [0, 0.1) is 5.82 Å². The summed E-state index contributed by atoms with van der Waals surface area (Å²) in [5.41, 5.74) is 0.244. The Morgan fingerprint density at radius 1 is 1.43 bits per heavy atom. The number of carbonyl (C=O) groups is 1.